The summed E-state index contributed by atoms with van der Waals surface area (Å²) in [6, 6.07) is 25.7. The van der Waals surface area contributed by atoms with Gasteiger partial charge < -0.3 is 31.9 Å². The summed E-state index contributed by atoms with van der Waals surface area (Å²) in [4.78, 5) is 23.2. The van der Waals surface area contributed by atoms with E-state index < -0.39 is 32.0 Å². The summed E-state index contributed by atoms with van der Waals surface area (Å²) in [5, 5.41) is 7.96. The van der Waals surface area contributed by atoms with Gasteiger partial charge in [-0.25, -0.2) is 35.6 Å². The molecule has 4 aromatic carbocycles. The molecule has 18 heteroatoms. The maximum atomic E-state index is 14.1. The number of nitrogens with two attached hydrogens (primary N) is 2. The number of nitrogens with zero attached hydrogens (tertiary/aromatic N) is 6. The third-order valence-electron chi connectivity index (χ3n) is 10.8. The van der Waals surface area contributed by atoms with E-state index in [0.717, 1.165) is 33.0 Å². The lowest BCUT2D eigenvalue weighted by atomic mass is 10.1. The Hall–Kier alpha value is -5.56. The van der Waals surface area contributed by atoms with Gasteiger partial charge in [-0.1, -0.05) is 59.7 Å². The first-order chi connectivity index (χ1) is 29.7. The van der Waals surface area contributed by atoms with Crippen molar-refractivity contribution >= 4 is 65.0 Å². The highest BCUT2D eigenvalue weighted by Crippen LogP contribution is 2.31. The van der Waals surface area contributed by atoms with E-state index in [1.807, 2.05) is 84.3 Å². The average Bonchev–Trinajstić information content (AvgIpc) is 3.49. The molecule has 0 radical (unpaired) electrons. The molecular weight excluding hydrogens is 835 g/mol. The zero-order valence-corrected chi connectivity index (χ0v) is 36.4. The fourth-order valence-corrected chi connectivity index (χ4v) is 10.4. The first kappa shape index (κ1) is 44.5. The van der Waals surface area contributed by atoms with E-state index >= 15 is 0 Å². The van der Waals surface area contributed by atoms with Crippen molar-refractivity contribution in [2.45, 2.75) is 61.9 Å². The van der Waals surface area contributed by atoms with Crippen LogP contribution >= 0.6 is 0 Å². The monoisotopic (exact) mass is 886 g/mol. The second kappa shape index (κ2) is 19.2. The highest BCUT2D eigenvalue weighted by Gasteiger charge is 2.28. The summed E-state index contributed by atoms with van der Waals surface area (Å²) in [5.74, 6) is 1.96. The molecule has 0 bridgehead atoms. The van der Waals surface area contributed by atoms with Gasteiger partial charge in [0.2, 0.25) is 11.9 Å². The summed E-state index contributed by atoms with van der Waals surface area (Å²) in [5.41, 5.74) is 15.8. The fourth-order valence-electron chi connectivity index (χ4n) is 7.43. The molecule has 0 saturated heterocycles. The second-order valence-corrected chi connectivity index (χ2v) is 19.7. The third kappa shape index (κ3) is 10.4. The standard InChI is InChI=1S/2C22H26FN5O2S/c1-15-6-7-19-18(12-15)21(25-9-8-17(23)13-24)27-22(26-19)28-10-11-31(29,30)20-5-3-2-4-16(20)14-28;1-15-6-7-19-18(12-15)21(25-13-17(23)8-9-24)27-22(26-19)28-10-11-31(29,30)20-5-3-2-4-16(20)14-28/h2*2-7,12,17H,8-11,13-14,24H2,1H3,(H,25,26,27). The van der Waals surface area contributed by atoms with E-state index in [2.05, 4.69) is 15.6 Å². The normalized spacial score (nSPS) is 16.5. The summed E-state index contributed by atoms with van der Waals surface area (Å²) < 4.78 is 78.4. The minimum atomic E-state index is -3.38. The molecule has 0 spiro atoms. The molecule has 0 fully saturated rings. The molecule has 0 saturated carbocycles. The predicted octanol–water partition coefficient (Wildman–Crippen LogP) is 5.66. The van der Waals surface area contributed by atoms with Gasteiger partial charge in [0.05, 0.1) is 32.3 Å². The Morgan fingerprint density at radius 3 is 1.61 bits per heavy atom. The van der Waals surface area contributed by atoms with Crippen LogP contribution in [0.5, 0.6) is 0 Å². The van der Waals surface area contributed by atoms with E-state index in [4.69, 9.17) is 26.4 Å². The topological polar surface area (TPSA) is 202 Å². The van der Waals surface area contributed by atoms with E-state index in [-0.39, 0.29) is 57.1 Å². The number of aryl methyl sites for hydroxylation is 2. The predicted molar refractivity (Wildman–Crippen MR) is 242 cm³/mol. The van der Waals surface area contributed by atoms with Gasteiger partial charge in [0.25, 0.3) is 0 Å². The molecule has 2 aromatic heterocycles. The van der Waals surface area contributed by atoms with Gasteiger partial charge in [-0.05, 0) is 80.8 Å². The summed E-state index contributed by atoms with van der Waals surface area (Å²) in [6.07, 6.45) is -1.62. The number of fused-ring (bicyclic) bond motifs is 4. The third-order valence-corrected chi connectivity index (χ3v) is 14.4. The van der Waals surface area contributed by atoms with Crippen LogP contribution in [0.4, 0.5) is 32.3 Å². The van der Waals surface area contributed by atoms with Crippen molar-refractivity contribution in [1.82, 2.24) is 19.9 Å². The molecule has 6 aromatic rings. The van der Waals surface area contributed by atoms with Gasteiger partial charge in [0, 0.05) is 56.6 Å². The second-order valence-electron chi connectivity index (χ2n) is 15.6. The lowest BCUT2D eigenvalue weighted by molar-refractivity contribution is 0.329. The van der Waals surface area contributed by atoms with Gasteiger partial charge in [-0.2, -0.15) is 9.97 Å². The molecule has 2 atom stereocenters. The van der Waals surface area contributed by atoms with Crippen LogP contribution in [0.2, 0.25) is 0 Å². The van der Waals surface area contributed by atoms with E-state index in [1.54, 1.807) is 24.3 Å². The van der Waals surface area contributed by atoms with Crippen LogP contribution < -0.4 is 31.9 Å². The molecule has 0 aliphatic carbocycles. The van der Waals surface area contributed by atoms with Gasteiger partial charge in [-0.15, -0.1) is 0 Å². The number of sulfone groups is 2. The van der Waals surface area contributed by atoms with Gasteiger partial charge in [-0.3, -0.25) is 0 Å². The number of halogens is 2. The minimum Gasteiger partial charge on any atom is -0.369 e. The van der Waals surface area contributed by atoms with Gasteiger partial charge in [0.1, 0.15) is 24.0 Å². The first-order valence-electron chi connectivity index (χ1n) is 20.6. The Kier molecular flexibility index (Phi) is 13.8. The molecule has 4 heterocycles. The van der Waals surface area contributed by atoms with Crippen molar-refractivity contribution < 1.29 is 25.6 Å². The summed E-state index contributed by atoms with van der Waals surface area (Å²) in [7, 11) is -6.75. The smallest absolute Gasteiger partial charge is 0.228 e. The first-order valence-corrected chi connectivity index (χ1v) is 23.9. The number of hydrogen-bond donors (Lipinski definition) is 4. The van der Waals surface area contributed by atoms with Crippen molar-refractivity contribution in [2.75, 3.05) is 71.2 Å². The number of nitrogens with one attached hydrogen (secondary N) is 2. The minimum absolute atomic E-state index is 0.0118. The molecule has 62 heavy (non-hydrogen) atoms. The van der Waals surface area contributed by atoms with Crippen molar-refractivity contribution in [2.24, 2.45) is 11.5 Å². The van der Waals surface area contributed by atoms with E-state index in [0.29, 0.717) is 64.0 Å². The largest absolute Gasteiger partial charge is 0.369 e. The SMILES string of the molecule is Cc1ccc2nc(N3CCS(=O)(=O)c4ccccc4C3)nc(NCC(F)CCN)c2c1.Cc1ccc2nc(N3CCS(=O)(=O)c4ccccc4C3)nc(NCCC(F)CN)c2c1. The van der Waals surface area contributed by atoms with Crippen molar-refractivity contribution in [3.05, 3.63) is 107 Å². The Labute approximate surface area is 361 Å². The Morgan fingerprint density at radius 2 is 1.13 bits per heavy atom. The number of benzene rings is 4. The van der Waals surface area contributed by atoms with Crippen LogP contribution in [-0.2, 0) is 32.8 Å². The number of alkyl halides is 2. The van der Waals surface area contributed by atoms with Gasteiger partial charge >= 0.3 is 0 Å². The quantitative estimate of drug-likeness (QED) is 0.117. The van der Waals surface area contributed by atoms with Crippen LogP contribution in [0.3, 0.4) is 0 Å². The van der Waals surface area contributed by atoms with Crippen LogP contribution in [0.15, 0.2) is 94.7 Å². The molecule has 2 unspecified atom stereocenters. The Balaban J connectivity index is 0.000000186. The average molecular weight is 887 g/mol. The van der Waals surface area contributed by atoms with Crippen LogP contribution in [-0.4, -0.2) is 99.9 Å². The number of aromatic nitrogens is 4. The van der Waals surface area contributed by atoms with Crippen LogP contribution in [0.25, 0.3) is 21.8 Å². The van der Waals surface area contributed by atoms with Crippen LogP contribution in [0.1, 0.15) is 35.1 Å². The zero-order valence-electron chi connectivity index (χ0n) is 34.8. The lowest BCUT2D eigenvalue weighted by Crippen LogP contribution is -2.28. The van der Waals surface area contributed by atoms with Crippen molar-refractivity contribution in [1.29, 1.82) is 0 Å². The summed E-state index contributed by atoms with van der Waals surface area (Å²) in [6.45, 7) is 6.03. The fraction of sp³-hybridized carbons (Fsp3) is 0.364. The molecule has 328 valence electrons. The highest BCUT2D eigenvalue weighted by atomic mass is 32.2. The lowest BCUT2D eigenvalue weighted by Gasteiger charge is -2.22. The van der Waals surface area contributed by atoms with Crippen LogP contribution in [0, 0.1) is 13.8 Å². The highest BCUT2D eigenvalue weighted by molar-refractivity contribution is 7.91. The molecule has 2 aliphatic rings. The molecule has 14 nitrogen and oxygen atoms in total. The molecular formula is C44H52F2N10O4S2. The van der Waals surface area contributed by atoms with Gasteiger partial charge in [0.15, 0.2) is 19.7 Å². The van der Waals surface area contributed by atoms with Crippen molar-refractivity contribution in [3.8, 4) is 0 Å². The maximum absolute atomic E-state index is 14.1. The summed E-state index contributed by atoms with van der Waals surface area (Å²) >= 11 is 0. The zero-order chi connectivity index (χ0) is 44.0. The number of anilines is 4. The molecule has 2 aliphatic heterocycles. The Bertz CT molecular complexity index is 2780. The number of rotatable bonds is 12. The number of hydrogen-bond acceptors (Lipinski definition) is 14. The van der Waals surface area contributed by atoms with E-state index in [9.17, 15) is 25.6 Å². The van der Waals surface area contributed by atoms with E-state index in [1.165, 1.54) is 0 Å². The van der Waals surface area contributed by atoms with Crippen molar-refractivity contribution in [3.63, 3.8) is 0 Å². The molecule has 0 amide bonds. The molecule has 8 rings (SSSR count). The maximum Gasteiger partial charge on any atom is 0.228 e. The molecule has 6 N–H and O–H groups in total. The Morgan fingerprint density at radius 1 is 0.645 bits per heavy atom.